The number of nitrogens with one attached hydrogen (secondary N) is 2. The molecule has 2 saturated heterocycles. The van der Waals surface area contributed by atoms with Crippen LogP contribution < -0.4 is 10.6 Å². The number of piperidine rings is 1. The number of hydrogen-bond acceptors (Lipinski definition) is 5. The number of nitrogens with zero attached hydrogens (tertiary/aromatic N) is 2. The number of anilines is 1. The van der Waals surface area contributed by atoms with Gasteiger partial charge in [0.15, 0.2) is 0 Å². The van der Waals surface area contributed by atoms with Gasteiger partial charge < -0.3 is 10.6 Å². The summed E-state index contributed by atoms with van der Waals surface area (Å²) in [6.07, 6.45) is 4.52. The zero-order chi connectivity index (χ0) is 21.5. The predicted molar refractivity (Wildman–Crippen MR) is 109 cm³/mol. The lowest BCUT2D eigenvalue weighted by atomic mass is 9.96. The minimum atomic E-state index is -3.54. The molecule has 30 heavy (non-hydrogen) atoms. The number of imide groups is 1. The van der Waals surface area contributed by atoms with Crippen molar-refractivity contribution in [1.82, 2.24) is 14.5 Å². The number of carbonyl (C=O) groups excluding carboxylic acids is 3. The number of rotatable bonds is 6. The maximum atomic E-state index is 12.7. The third kappa shape index (κ3) is 3.81. The van der Waals surface area contributed by atoms with E-state index in [4.69, 9.17) is 0 Å². The fourth-order valence-electron chi connectivity index (χ4n) is 4.11. The zero-order valence-corrected chi connectivity index (χ0v) is 17.7. The molecule has 4 rings (SSSR count). The van der Waals surface area contributed by atoms with Gasteiger partial charge in [-0.15, -0.1) is 0 Å². The molecular formula is C20H26N4O5S. The van der Waals surface area contributed by atoms with Crippen LogP contribution in [0.1, 0.15) is 39.0 Å². The summed E-state index contributed by atoms with van der Waals surface area (Å²) in [7, 11) is -3.54. The third-order valence-electron chi connectivity index (χ3n) is 6.09. The Morgan fingerprint density at radius 3 is 2.37 bits per heavy atom. The maximum Gasteiger partial charge on any atom is 0.325 e. The van der Waals surface area contributed by atoms with E-state index >= 15 is 0 Å². The second kappa shape index (κ2) is 7.66. The summed E-state index contributed by atoms with van der Waals surface area (Å²) in [6, 6.07) is 5.37. The second-order valence-electron chi connectivity index (χ2n) is 8.34. The second-order valence-corrected chi connectivity index (χ2v) is 10.3. The summed E-state index contributed by atoms with van der Waals surface area (Å²) < 4.78 is 26.9. The highest BCUT2D eigenvalue weighted by molar-refractivity contribution is 7.89. The quantitative estimate of drug-likeness (QED) is 0.659. The fraction of sp³-hybridized carbons (Fsp3) is 0.550. The summed E-state index contributed by atoms with van der Waals surface area (Å²) in [5.74, 6) is -0.783. The van der Waals surface area contributed by atoms with Gasteiger partial charge in [0.05, 0.1) is 4.90 Å². The molecule has 0 radical (unpaired) electrons. The minimum absolute atomic E-state index is 0.122. The van der Waals surface area contributed by atoms with Crippen molar-refractivity contribution in [2.24, 2.45) is 5.92 Å². The molecule has 4 amide bonds. The lowest BCUT2D eigenvalue weighted by molar-refractivity contribution is -0.134. The number of hydrogen-bond donors (Lipinski definition) is 2. The van der Waals surface area contributed by atoms with Crippen molar-refractivity contribution < 1.29 is 22.8 Å². The SMILES string of the molecule is C[C@@]1(C2CC2)NC(=O)N(CC(=O)Nc2ccc(S(=O)(=O)N3CCCCC3)cc2)C1=O. The molecule has 9 nitrogen and oxygen atoms in total. The number of carbonyl (C=O) groups is 3. The van der Waals surface area contributed by atoms with Crippen LogP contribution in [0.3, 0.4) is 0 Å². The highest BCUT2D eigenvalue weighted by Gasteiger charge is 2.56. The highest BCUT2D eigenvalue weighted by Crippen LogP contribution is 2.42. The van der Waals surface area contributed by atoms with Crippen molar-refractivity contribution in [3.63, 3.8) is 0 Å². The van der Waals surface area contributed by atoms with Gasteiger partial charge in [-0.25, -0.2) is 13.2 Å². The topological polar surface area (TPSA) is 116 Å². The van der Waals surface area contributed by atoms with Crippen LogP contribution in [0, 0.1) is 5.92 Å². The van der Waals surface area contributed by atoms with Crippen LogP contribution in [-0.4, -0.2) is 60.6 Å². The molecule has 2 heterocycles. The number of amides is 4. The Balaban J connectivity index is 1.38. The van der Waals surface area contributed by atoms with Crippen LogP contribution in [0.25, 0.3) is 0 Å². The van der Waals surface area contributed by atoms with Gasteiger partial charge in [-0.1, -0.05) is 6.42 Å². The van der Waals surface area contributed by atoms with E-state index in [1.807, 2.05) is 0 Å². The Morgan fingerprint density at radius 2 is 1.77 bits per heavy atom. The van der Waals surface area contributed by atoms with Crippen molar-refractivity contribution in [1.29, 1.82) is 0 Å². The van der Waals surface area contributed by atoms with Crippen LogP contribution in [0.2, 0.25) is 0 Å². The lowest BCUT2D eigenvalue weighted by Gasteiger charge is -2.25. The molecule has 3 aliphatic rings. The fourth-order valence-corrected chi connectivity index (χ4v) is 5.62. The van der Waals surface area contributed by atoms with E-state index < -0.39 is 27.5 Å². The first-order valence-corrected chi connectivity index (χ1v) is 11.7. The van der Waals surface area contributed by atoms with E-state index in [1.54, 1.807) is 6.92 Å². The summed E-state index contributed by atoms with van der Waals surface area (Å²) in [5.41, 5.74) is -0.531. The van der Waals surface area contributed by atoms with Crippen LogP contribution in [0.4, 0.5) is 10.5 Å². The molecule has 162 valence electrons. The highest BCUT2D eigenvalue weighted by atomic mass is 32.2. The molecule has 2 aliphatic heterocycles. The molecule has 1 aliphatic carbocycles. The Hall–Kier alpha value is -2.46. The molecular weight excluding hydrogens is 408 g/mol. The first-order valence-electron chi connectivity index (χ1n) is 10.3. The molecule has 10 heteroatoms. The third-order valence-corrected chi connectivity index (χ3v) is 8.00. The molecule has 1 atom stereocenters. The molecule has 0 bridgehead atoms. The normalized spacial score (nSPS) is 25.3. The van der Waals surface area contributed by atoms with E-state index in [1.165, 1.54) is 28.6 Å². The number of urea groups is 1. The van der Waals surface area contributed by atoms with E-state index in [2.05, 4.69) is 10.6 Å². The largest absolute Gasteiger partial charge is 0.325 e. The Bertz CT molecular complexity index is 967. The van der Waals surface area contributed by atoms with Crippen molar-refractivity contribution in [2.45, 2.75) is 49.5 Å². The van der Waals surface area contributed by atoms with E-state index in [9.17, 15) is 22.8 Å². The molecule has 0 aromatic heterocycles. The van der Waals surface area contributed by atoms with Gasteiger partial charge in [0.1, 0.15) is 12.1 Å². The predicted octanol–water partition coefficient (Wildman–Crippen LogP) is 1.52. The molecule has 1 saturated carbocycles. The van der Waals surface area contributed by atoms with Gasteiger partial charge >= 0.3 is 6.03 Å². The van der Waals surface area contributed by atoms with Crippen LogP contribution in [-0.2, 0) is 19.6 Å². The summed E-state index contributed by atoms with van der Waals surface area (Å²) in [4.78, 5) is 38.3. The standard InChI is InChI=1S/C20H26N4O5S/c1-20(14-5-6-14)18(26)24(19(27)22-20)13-17(25)21-15-7-9-16(10-8-15)30(28,29)23-11-3-2-4-12-23/h7-10,14H,2-6,11-13H2,1H3,(H,21,25)(H,22,27)/t20-/m0/s1. The monoisotopic (exact) mass is 434 g/mol. The van der Waals surface area contributed by atoms with Crippen LogP contribution in [0.5, 0.6) is 0 Å². The molecule has 2 N–H and O–H groups in total. The molecule has 3 fully saturated rings. The minimum Gasteiger partial charge on any atom is -0.325 e. The molecule has 1 aromatic rings. The average Bonchev–Trinajstić information content (AvgIpc) is 3.55. The zero-order valence-electron chi connectivity index (χ0n) is 16.9. The number of sulfonamides is 1. The maximum absolute atomic E-state index is 12.7. The Morgan fingerprint density at radius 1 is 1.13 bits per heavy atom. The summed E-state index contributed by atoms with van der Waals surface area (Å²) >= 11 is 0. The average molecular weight is 435 g/mol. The van der Waals surface area contributed by atoms with E-state index in [0.717, 1.165) is 37.0 Å². The summed E-state index contributed by atoms with van der Waals surface area (Å²) in [5, 5.41) is 5.32. The van der Waals surface area contributed by atoms with Gasteiger partial charge in [0.2, 0.25) is 15.9 Å². The first-order chi connectivity index (χ1) is 14.2. The molecule has 0 unspecified atom stereocenters. The van der Waals surface area contributed by atoms with Crippen LogP contribution >= 0.6 is 0 Å². The van der Waals surface area contributed by atoms with Crippen LogP contribution in [0.15, 0.2) is 29.2 Å². The molecule has 0 spiro atoms. The first kappa shape index (κ1) is 20.8. The van der Waals surface area contributed by atoms with Crippen molar-refractivity contribution in [3.8, 4) is 0 Å². The van der Waals surface area contributed by atoms with E-state index in [0.29, 0.717) is 18.8 Å². The van der Waals surface area contributed by atoms with Gasteiger partial charge in [-0.2, -0.15) is 4.31 Å². The molecule has 1 aromatic carbocycles. The van der Waals surface area contributed by atoms with Gasteiger partial charge in [0, 0.05) is 18.8 Å². The van der Waals surface area contributed by atoms with E-state index in [-0.39, 0.29) is 23.3 Å². The van der Waals surface area contributed by atoms with Gasteiger partial charge in [0.25, 0.3) is 5.91 Å². The Kier molecular flexibility index (Phi) is 5.31. The lowest BCUT2D eigenvalue weighted by Crippen LogP contribution is -2.46. The van der Waals surface area contributed by atoms with Gasteiger partial charge in [-0.05, 0) is 62.8 Å². The van der Waals surface area contributed by atoms with Crippen molar-refractivity contribution >= 4 is 33.6 Å². The number of benzene rings is 1. The van der Waals surface area contributed by atoms with Crippen molar-refractivity contribution in [2.75, 3.05) is 25.0 Å². The van der Waals surface area contributed by atoms with Crippen molar-refractivity contribution in [3.05, 3.63) is 24.3 Å². The smallest absolute Gasteiger partial charge is 0.325 e. The Labute approximate surface area is 175 Å². The summed E-state index contributed by atoms with van der Waals surface area (Å²) in [6.45, 7) is 2.35. The van der Waals surface area contributed by atoms with Gasteiger partial charge in [-0.3, -0.25) is 14.5 Å².